The van der Waals surface area contributed by atoms with Gasteiger partial charge in [-0.05, 0) is 146 Å². The fourth-order valence-corrected chi connectivity index (χ4v) is 5.45. The van der Waals surface area contributed by atoms with Gasteiger partial charge in [-0.2, -0.15) is 35.8 Å². The van der Waals surface area contributed by atoms with E-state index in [4.69, 9.17) is 47.1 Å². The molecule has 0 unspecified atom stereocenters. The Balaban J connectivity index is 0.000000228. The third-order valence-corrected chi connectivity index (χ3v) is 9.08. The first-order chi connectivity index (χ1) is 37.0. The fraction of sp³-hybridized carbons (Fsp3) is 0. The Hall–Kier alpha value is -10.9. The van der Waals surface area contributed by atoms with Crippen LogP contribution in [0.25, 0.3) is 1.43 Å². The van der Waals surface area contributed by atoms with Gasteiger partial charge in [-0.15, -0.1) is 10.2 Å². The molecule has 28 heteroatoms. The number of anilines is 5. The van der Waals surface area contributed by atoms with Crippen molar-refractivity contribution in [3.63, 3.8) is 0 Å². The molecule has 27 nitrogen and oxygen atoms in total. The van der Waals surface area contributed by atoms with Gasteiger partial charge in [0.1, 0.15) is 5.69 Å². The highest BCUT2D eigenvalue weighted by Gasteiger charge is 2.06. The Morgan fingerprint density at radius 2 is 0.658 bits per heavy atom. The lowest BCUT2D eigenvalue weighted by atomic mass is 10.2. The van der Waals surface area contributed by atoms with E-state index in [2.05, 4.69) is 61.0 Å². The highest BCUT2D eigenvalue weighted by Crippen LogP contribution is 2.29. The van der Waals surface area contributed by atoms with Crippen molar-refractivity contribution in [2.24, 2.45) is 50.7 Å². The summed E-state index contributed by atoms with van der Waals surface area (Å²) in [6.07, 6.45) is 0. The molecule has 386 valence electrons. The van der Waals surface area contributed by atoms with Gasteiger partial charge in [0.2, 0.25) is 0 Å². The number of benzene rings is 8. The Morgan fingerprint density at radius 1 is 0.395 bits per heavy atom. The summed E-state index contributed by atoms with van der Waals surface area (Å²) in [5, 5.41) is 80.0. The summed E-state index contributed by atoms with van der Waals surface area (Å²) >= 11 is 5.12. The minimum atomic E-state index is -0.467. The van der Waals surface area contributed by atoms with E-state index in [1.54, 1.807) is 121 Å². The molecule has 0 bridgehead atoms. The van der Waals surface area contributed by atoms with Crippen molar-refractivity contribution in [2.75, 3.05) is 28.7 Å². The second-order valence-electron chi connectivity index (χ2n) is 14.5. The number of nitrogens with two attached hydrogens (primary N) is 5. The van der Waals surface area contributed by atoms with Crippen LogP contribution in [0.4, 0.5) is 96.7 Å². The minimum Gasteiger partial charge on any atom is -0.399 e. The summed E-state index contributed by atoms with van der Waals surface area (Å²) < 4.78 is 8.62. The van der Waals surface area contributed by atoms with Crippen LogP contribution < -0.4 is 28.7 Å². The Morgan fingerprint density at radius 3 is 0.921 bits per heavy atom. The van der Waals surface area contributed by atoms with Crippen LogP contribution in [-0.2, 0) is 5.04 Å². The molecule has 0 saturated carbocycles. The van der Waals surface area contributed by atoms with E-state index in [9.17, 15) is 30.3 Å². The molecule has 0 aromatic heterocycles. The van der Waals surface area contributed by atoms with Crippen LogP contribution >= 0.6 is 11.8 Å². The van der Waals surface area contributed by atoms with Gasteiger partial charge >= 0.3 is 0 Å². The van der Waals surface area contributed by atoms with Gasteiger partial charge in [0.15, 0.2) is 0 Å². The normalized spacial score (nSPS) is 10.8. The standard InChI is InChI=1S/C18H15N7O2.C12H8ClN5O2.C12H10N4O2.C6H8N2.H2O3/c19-12-1-10-18(17(20)11-12)24-23-14-4-2-13(3-5-14)21-22-15-6-8-16(9-7-15)25(26)27;13-17-16-11-3-1-9(2-4-11)14-15-10-5-7-12(8-6-10)18(19)20;13-9-1-3-10(4-2-9)14-15-11-5-7-12(8-6-11)16(17)18;7-5-2-1-3-6(8)4-5;1-3-2/h1-11H,19-20H2;1-8H;1-8H,13H2;1-4H,7-8H2;1-2H/i/hD. The molecule has 8 aromatic rings. The summed E-state index contributed by atoms with van der Waals surface area (Å²) in [6, 6.07) is 50.3. The van der Waals surface area contributed by atoms with Gasteiger partial charge in [0, 0.05) is 59.1 Å². The number of hydrogen-bond acceptors (Lipinski definition) is 24. The van der Waals surface area contributed by atoms with Gasteiger partial charge in [-0.3, -0.25) is 30.3 Å². The quantitative estimate of drug-likeness (QED) is 0.0186. The topological polar surface area (TPSA) is 433 Å². The van der Waals surface area contributed by atoms with Gasteiger partial charge in [-0.25, -0.2) is 10.5 Å². The first kappa shape index (κ1) is 56.0. The number of nitro groups is 3. The molecule has 0 spiro atoms. The maximum Gasteiger partial charge on any atom is 0.269 e. The van der Waals surface area contributed by atoms with E-state index in [0.717, 1.165) is 0 Å². The van der Waals surface area contributed by atoms with E-state index >= 15 is 0 Å². The largest absolute Gasteiger partial charge is 0.399 e. The van der Waals surface area contributed by atoms with E-state index in [-0.39, 0.29) is 17.1 Å². The van der Waals surface area contributed by atoms with Crippen molar-refractivity contribution in [1.82, 2.24) is 0 Å². The zero-order valence-corrected chi connectivity index (χ0v) is 39.9. The monoisotopic (exact) mass is 1050 g/mol. The highest BCUT2D eigenvalue weighted by molar-refractivity contribution is 6.14. The molecule has 8 rings (SSSR count). The third kappa shape index (κ3) is 21.2. The number of nitro benzene ring substituents is 3. The van der Waals surface area contributed by atoms with E-state index in [0.29, 0.717) is 79.6 Å². The first-order valence-corrected chi connectivity index (χ1v) is 21.6. The van der Waals surface area contributed by atoms with Crippen molar-refractivity contribution in [3.8, 4) is 0 Å². The smallest absolute Gasteiger partial charge is 0.269 e. The maximum absolute atomic E-state index is 10.6. The average molecular weight is 1050 g/mol. The molecule has 0 saturated heterocycles. The van der Waals surface area contributed by atoms with Crippen LogP contribution in [0.5, 0.6) is 0 Å². The Kier molecular flexibility index (Phi) is 22.7. The predicted molar refractivity (Wildman–Crippen MR) is 287 cm³/mol. The van der Waals surface area contributed by atoms with Crippen molar-refractivity contribution in [1.29, 1.82) is 1.43 Å². The van der Waals surface area contributed by atoms with Crippen LogP contribution in [0.2, 0.25) is 0 Å². The van der Waals surface area contributed by atoms with Gasteiger partial charge < -0.3 is 28.7 Å². The molecule has 0 fully saturated rings. The molecule has 0 aliphatic carbocycles. The second-order valence-corrected chi connectivity index (χ2v) is 14.6. The highest BCUT2D eigenvalue weighted by atomic mass is 35.5. The number of nitrogens with zero attached hydrogens (tertiary/aromatic N) is 13. The van der Waals surface area contributed by atoms with E-state index < -0.39 is 14.8 Å². The van der Waals surface area contributed by atoms with Crippen LogP contribution in [0.3, 0.4) is 0 Å². The first-order valence-electron chi connectivity index (χ1n) is 21.6. The average Bonchev–Trinajstić information content (AvgIpc) is 3.43. The lowest BCUT2D eigenvalue weighted by Gasteiger charge is -2.00. The second kappa shape index (κ2) is 30.8. The molecule has 8 aromatic carbocycles. The van der Waals surface area contributed by atoms with Crippen LogP contribution in [-0.4, -0.2) is 25.3 Å². The summed E-state index contributed by atoms with van der Waals surface area (Å²) in [4.78, 5) is 30.2. The molecule has 76 heavy (non-hydrogen) atoms. The van der Waals surface area contributed by atoms with Crippen molar-refractivity contribution in [2.45, 2.75) is 0 Å². The number of nitrogen functional groups attached to an aromatic ring is 5. The summed E-state index contributed by atoms with van der Waals surface area (Å²) in [5.74, 6) is 0. The molecule has 0 atom stereocenters. The lowest BCUT2D eigenvalue weighted by Crippen LogP contribution is -1.89. The Bertz CT molecular complexity index is 3290. The number of non-ortho nitro benzene ring substituents is 3. The molecule has 0 radical (unpaired) electrons. The zero-order chi connectivity index (χ0) is 56.0. The number of halogens is 1. The molecule has 0 aliphatic rings. The maximum atomic E-state index is 10.6. The van der Waals surface area contributed by atoms with E-state index in [1.165, 1.54) is 60.7 Å². The molecule has 0 heterocycles. The molecule has 0 amide bonds. The van der Waals surface area contributed by atoms with Gasteiger partial charge in [-0.1, -0.05) is 15.7 Å². The van der Waals surface area contributed by atoms with Gasteiger partial charge in [0.05, 0.1) is 77.7 Å². The molecular weight excluding hydrogens is 1010 g/mol. The lowest BCUT2D eigenvalue weighted by molar-refractivity contribution is -0.465. The minimum absolute atomic E-state index is 0.00500. The summed E-state index contributed by atoms with van der Waals surface area (Å²) in [6.45, 7) is 0. The summed E-state index contributed by atoms with van der Waals surface area (Å²) in [7, 11) is 0. The Labute approximate surface area is 436 Å². The van der Waals surface area contributed by atoms with Crippen LogP contribution in [0, 0.1) is 30.3 Å². The van der Waals surface area contributed by atoms with E-state index in [1.807, 2.05) is 6.07 Å². The molecule has 0 aliphatic heterocycles. The SMILES string of the molecule is Nc1ccc(N=Nc2ccc(N=Nc3ccc([N+](=O)[O-])cc3)cc2)c(N)c1.Nc1ccc(N=Nc2ccc([N+](=O)[O-])cc2)cc1.Nc1cccc(N)c1.O=[N+]([O-])c1ccc(N=Nc2ccc(N=NCl)cc2)cc1.[2H]OOO. The zero-order valence-electron chi connectivity index (χ0n) is 40.2. The summed E-state index contributed by atoms with van der Waals surface area (Å²) in [5.41, 5.74) is 36.2. The molecule has 12 N–H and O–H groups in total. The predicted octanol–water partition coefficient (Wildman–Crippen LogP) is 15.2. The number of rotatable bonds is 13. The van der Waals surface area contributed by atoms with Crippen LogP contribution in [0.1, 0.15) is 0 Å². The van der Waals surface area contributed by atoms with Crippen LogP contribution in [0.15, 0.2) is 239 Å². The third-order valence-electron chi connectivity index (χ3n) is 9.01. The van der Waals surface area contributed by atoms with Crippen molar-refractivity contribution < 1.29 is 30.3 Å². The number of azo groups is 4. The van der Waals surface area contributed by atoms with Crippen molar-refractivity contribution in [3.05, 3.63) is 218 Å². The number of hydrogen-bond donors (Lipinski definition) is 7. The van der Waals surface area contributed by atoms with Crippen molar-refractivity contribution >= 4 is 108 Å². The van der Waals surface area contributed by atoms with Gasteiger partial charge in [0.25, 0.3) is 18.5 Å². The molecular formula is C48H43ClN18O9. The fourth-order valence-electron chi connectivity index (χ4n) is 5.36.